The SMILES string of the molecule is COc1ccccc1-c1ccc2nc(NC(=O)NCCO)sc2c1. The van der Waals surface area contributed by atoms with E-state index in [2.05, 4.69) is 15.6 Å². The van der Waals surface area contributed by atoms with Crippen molar-refractivity contribution in [2.45, 2.75) is 0 Å². The molecule has 0 saturated carbocycles. The van der Waals surface area contributed by atoms with Gasteiger partial charge in [-0.15, -0.1) is 0 Å². The van der Waals surface area contributed by atoms with E-state index in [4.69, 9.17) is 9.84 Å². The molecule has 3 aromatic rings. The van der Waals surface area contributed by atoms with Crippen LogP contribution in [0.3, 0.4) is 0 Å². The maximum atomic E-state index is 11.6. The predicted molar refractivity (Wildman–Crippen MR) is 95.7 cm³/mol. The molecule has 2 amide bonds. The van der Waals surface area contributed by atoms with Crippen molar-refractivity contribution in [1.82, 2.24) is 10.3 Å². The van der Waals surface area contributed by atoms with Crippen LogP contribution in [0, 0.1) is 0 Å². The minimum atomic E-state index is -0.381. The van der Waals surface area contributed by atoms with Crippen LogP contribution < -0.4 is 15.4 Å². The zero-order valence-corrected chi connectivity index (χ0v) is 13.9. The molecule has 1 heterocycles. The molecule has 0 aliphatic carbocycles. The number of ether oxygens (including phenoxy) is 1. The van der Waals surface area contributed by atoms with Crippen LogP contribution in [-0.4, -0.2) is 36.4 Å². The van der Waals surface area contributed by atoms with Gasteiger partial charge in [-0.3, -0.25) is 5.32 Å². The molecule has 0 aliphatic heterocycles. The first kappa shape index (κ1) is 16.2. The minimum absolute atomic E-state index is 0.102. The van der Waals surface area contributed by atoms with Crippen LogP contribution in [0.2, 0.25) is 0 Å². The van der Waals surface area contributed by atoms with Gasteiger partial charge in [0.1, 0.15) is 5.75 Å². The number of carbonyl (C=O) groups is 1. The topological polar surface area (TPSA) is 83.5 Å². The van der Waals surface area contributed by atoms with Crippen molar-refractivity contribution in [3.63, 3.8) is 0 Å². The maximum absolute atomic E-state index is 11.6. The molecule has 0 atom stereocenters. The lowest BCUT2D eigenvalue weighted by Crippen LogP contribution is -2.30. The third-order valence-corrected chi connectivity index (χ3v) is 4.36. The monoisotopic (exact) mass is 343 g/mol. The number of hydrogen-bond acceptors (Lipinski definition) is 5. The number of thiazole rings is 1. The Kier molecular flexibility index (Phi) is 4.93. The molecular weight excluding hydrogens is 326 g/mol. The summed E-state index contributed by atoms with van der Waals surface area (Å²) in [5, 5.41) is 14.4. The molecule has 7 heteroatoms. The molecule has 3 N–H and O–H groups in total. The van der Waals surface area contributed by atoms with Crippen molar-refractivity contribution in [2.24, 2.45) is 0 Å². The Morgan fingerprint density at radius 1 is 1.29 bits per heavy atom. The molecule has 1 aromatic heterocycles. The molecule has 2 aromatic carbocycles. The first-order valence-corrected chi connectivity index (χ1v) is 8.22. The second-order valence-corrected chi connectivity index (χ2v) is 6.04. The van der Waals surface area contributed by atoms with Crippen LogP contribution >= 0.6 is 11.3 Å². The number of amides is 2. The van der Waals surface area contributed by atoms with E-state index in [-0.39, 0.29) is 19.2 Å². The normalized spacial score (nSPS) is 10.6. The van der Waals surface area contributed by atoms with Crippen molar-refractivity contribution in [3.05, 3.63) is 42.5 Å². The van der Waals surface area contributed by atoms with E-state index in [1.54, 1.807) is 7.11 Å². The number of anilines is 1. The van der Waals surface area contributed by atoms with Crippen molar-refractivity contribution in [1.29, 1.82) is 0 Å². The highest BCUT2D eigenvalue weighted by Gasteiger charge is 2.10. The summed E-state index contributed by atoms with van der Waals surface area (Å²) in [5.74, 6) is 0.808. The summed E-state index contributed by atoms with van der Waals surface area (Å²) >= 11 is 1.39. The van der Waals surface area contributed by atoms with Gasteiger partial charge in [0.2, 0.25) is 0 Å². The summed E-state index contributed by atoms with van der Waals surface area (Å²) in [6.07, 6.45) is 0. The lowest BCUT2D eigenvalue weighted by Gasteiger charge is -2.07. The number of nitrogens with one attached hydrogen (secondary N) is 2. The van der Waals surface area contributed by atoms with E-state index in [0.29, 0.717) is 5.13 Å². The lowest BCUT2D eigenvalue weighted by atomic mass is 10.0. The van der Waals surface area contributed by atoms with Gasteiger partial charge in [0.15, 0.2) is 5.13 Å². The molecule has 0 spiro atoms. The second-order valence-electron chi connectivity index (χ2n) is 5.01. The van der Waals surface area contributed by atoms with E-state index in [1.807, 2.05) is 42.5 Å². The Hall–Kier alpha value is -2.64. The Morgan fingerprint density at radius 2 is 2.12 bits per heavy atom. The van der Waals surface area contributed by atoms with E-state index in [9.17, 15) is 4.79 Å². The minimum Gasteiger partial charge on any atom is -0.496 e. The van der Waals surface area contributed by atoms with Crippen LogP contribution in [0.4, 0.5) is 9.93 Å². The predicted octanol–water partition coefficient (Wildman–Crippen LogP) is 3.09. The largest absolute Gasteiger partial charge is 0.496 e. The van der Waals surface area contributed by atoms with Crippen LogP contribution in [0.15, 0.2) is 42.5 Å². The third-order valence-electron chi connectivity index (χ3n) is 3.42. The van der Waals surface area contributed by atoms with Crippen LogP contribution in [0.1, 0.15) is 0 Å². The quantitative estimate of drug-likeness (QED) is 0.665. The molecular formula is C17H17N3O3S. The Balaban J connectivity index is 1.88. The first-order chi connectivity index (χ1) is 11.7. The van der Waals surface area contributed by atoms with Crippen molar-refractivity contribution in [3.8, 4) is 16.9 Å². The van der Waals surface area contributed by atoms with E-state index >= 15 is 0 Å². The van der Waals surface area contributed by atoms with Gasteiger partial charge in [-0.25, -0.2) is 9.78 Å². The zero-order chi connectivity index (χ0) is 16.9. The summed E-state index contributed by atoms with van der Waals surface area (Å²) in [6, 6.07) is 13.4. The molecule has 0 bridgehead atoms. The summed E-state index contributed by atoms with van der Waals surface area (Å²) in [7, 11) is 1.65. The van der Waals surface area contributed by atoms with Gasteiger partial charge in [-0.1, -0.05) is 35.6 Å². The number of urea groups is 1. The first-order valence-electron chi connectivity index (χ1n) is 7.41. The highest BCUT2D eigenvalue weighted by molar-refractivity contribution is 7.22. The summed E-state index contributed by atoms with van der Waals surface area (Å²) in [4.78, 5) is 16.0. The molecule has 6 nitrogen and oxygen atoms in total. The highest BCUT2D eigenvalue weighted by atomic mass is 32.1. The number of hydrogen-bond donors (Lipinski definition) is 3. The van der Waals surface area contributed by atoms with Gasteiger partial charge in [0, 0.05) is 12.1 Å². The van der Waals surface area contributed by atoms with Gasteiger partial charge in [0.25, 0.3) is 0 Å². The third kappa shape index (κ3) is 3.47. The summed E-state index contributed by atoms with van der Waals surface area (Å²) in [5.41, 5.74) is 2.85. The molecule has 3 rings (SSSR count). The molecule has 0 aliphatic rings. The highest BCUT2D eigenvalue weighted by Crippen LogP contribution is 2.34. The second kappa shape index (κ2) is 7.29. The fourth-order valence-electron chi connectivity index (χ4n) is 2.34. The van der Waals surface area contributed by atoms with Gasteiger partial charge < -0.3 is 15.2 Å². The lowest BCUT2D eigenvalue weighted by molar-refractivity contribution is 0.245. The zero-order valence-electron chi connectivity index (χ0n) is 13.1. The number of fused-ring (bicyclic) bond motifs is 1. The number of aromatic nitrogens is 1. The van der Waals surface area contributed by atoms with Crippen molar-refractivity contribution >= 4 is 32.7 Å². The average Bonchev–Trinajstić information content (AvgIpc) is 3.01. The fraction of sp³-hybridized carbons (Fsp3) is 0.176. The Morgan fingerprint density at radius 3 is 2.92 bits per heavy atom. The number of para-hydroxylation sites is 1. The average molecular weight is 343 g/mol. The number of carbonyl (C=O) groups excluding carboxylic acids is 1. The Bertz CT molecular complexity index is 863. The van der Waals surface area contributed by atoms with Crippen molar-refractivity contribution in [2.75, 3.05) is 25.6 Å². The number of aliphatic hydroxyl groups excluding tert-OH is 1. The molecule has 0 fully saturated rings. The molecule has 124 valence electrons. The standard InChI is InChI=1S/C17H17N3O3S/c1-23-14-5-3-2-4-12(14)11-6-7-13-15(10-11)24-17(19-13)20-16(22)18-8-9-21/h2-7,10,21H,8-9H2,1H3,(H2,18,19,20,22). The maximum Gasteiger partial charge on any atom is 0.321 e. The number of nitrogens with zero attached hydrogens (tertiary/aromatic N) is 1. The smallest absolute Gasteiger partial charge is 0.321 e. The molecule has 0 radical (unpaired) electrons. The molecule has 0 unspecified atom stereocenters. The van der Waals surface area contributed by atoms with Crippen LogP contribution in [-0.2, 0) is 0 Å². The number of aliphatic hydroxyl groups is 1. The van der Waals surface area contributed by atoms with Crippen LogP contribution in [0.25, 0.3) is 21.3 Å². The summed E-state index contributed by atoms with van der Waals surface area (Å²) in [6.45, 7) is 0.101. The molecule has 24 heavy (non-hydrogen) atoms. The van der Waals surface area contributed by atoms with Gasteiger partial charge in [-0.2, -0.15) is 0 Å². The fourth-order valence-corrected chi connectivity index (χ4v) is 3.24. The van der Waals surface area contributed by atoms with E-state index < -0.39 is 0 Å². The van der Waals surface area contributed by atoms with Gasteiger partial charge >= 0.3 is 6.03 Å². The van der Waals surface area contributed by atoms with Gasteiger partial charge in [-0.05, 0) is 23.8 Å². The molecule has 0 saturated heterocycles. The number of benzene rings is 2. The van der Waals surface area contributed by atoms with Gasteiger partial charge in [0.05, 0.1) is 23.9 Å². The van der Waals surface area contributed by atoms with E-state index in [0.717, 1.165) is 27.1 Å². The number of rotatable bonds is 5. The Labute approximate surface area is 143 Å². The van der Waals surface area contributed by atoms with E-state index in [1.165, 1.54) is 11.3 Å². The number of methoxy groups -OCH3 is 1. The summed E-state index contributed by atoms with van der Waals surface area (Å²) < 4.78 is 6.38. The van der Waals surface area contributed by atoms with Crippen LogP contribution in [0.5, 0.6) is 5.75 Å². The van der Waals surface area contributed by atoms with Crippen molar-refractivity contribution < 1.29 is 14.6 Å².